The van der Waals surface area contributed by atoms with Gasteiger partial charge in [-0.15, -0.1) is 11.6 Å². The SMILES string of the molecule is CC(C)(C)c1cnc(CCl)cn1. The van der Waals surface area contributed by atoms with E-state index in [9.17, 15) is 0 Å². The van der Waals surface area contributed by atoms with Gasteiger partial charge in [0.1, 0.15) is 0 Å². The third-order valence-electron chi connectivity index (χ3n) is 1.61. The van der Waals surface area contributed by atoms with Crippen LogP contribution in [0.3, 0.4) is 0 Å². The van der Waals surface area contributed by atoms with E-state index in [1.807, 2.05) is 0 Å². The predicted molar refractivity (Wildman–Crippen MR) is 50.3 cm³/mol. The summed E-state index contributed by atoms with van der Waals surface area (Å²) in [5.74, 6) is 0.428. The molecule has 0 saturated heterocycles. The fraction of sp³-hybridized carbons (Fsp3) is 0.556. The molecule has 0 saturated carbocycles. The normalized spacial score (nSPS) is 11.7. The van der Waals surface area contributed by atoms with Gasteiger partial charge in [0.15, 0.2) is 0 Å². The molecule has 0 unspecified atom stereocenters. The van der Waals surface area contributed by atoms with E-state index in [0.29, 0.717) is 5.88 Å². The maximum Gasteiger partial charge on any atom is 0.0734 e. The second kappa shape index (κ2) is 3.40. The molecule has 0 N–H and O–H groups in total. The van der Waals surface area contributed by atoms with E-state index in [1.54, 1.807) is 12.4 Å². The summed E-state index contributed by atoms with van der Waals surface area (Å²) in [6, 6.07) is 0. The minimum absolute atomic E-state index is 0.0673. The molecule has 2 nitrogen and oxygen atoms in total. The molecule has 1 aromatic heterocycles. The van der Waals surface area contributed by atoms with E-state index in [4.69, 9.17) is 11.6 Å². The molecule has 1 rings (SSSR count). The molecule has 0 fully saturated rings. The molecular weight excluding hydrogens is 172 g/mol. The minimum atomic E-state index is 0.0673. The first kappa shape index (κ1) is 9.46. The molecule has 1 heterocycles. The van der Waals surface area contributed by atoms with E-state index in [0.717, 1.165) is 11.4 Å². The number of aromatic nitrogens is 2. The third kappa shape index (κ3) is 2.18. The molecule has 66 valence electrons. The second-order valence-corrected chi connectivity index (χ2v) is 4.04. The highest BCUT2D eigenvalue weighted by molar-refractivity contribution is 6.16. The summed E-state index contributed by atoms with van der Waals surface area (Å²) in [7, 11) is 0. The standard InChI is InChI=1S/C9H13ClN2/c1-9(2,3)8-6-11-7(4-10)5-12-8/h5-6H,4H2,1-3H3. The Balaban J connectivity index is 2.93. The average Bonchev–Trinajstić information content (AvgIpc) is 2.03. The molecule has 0 aliphatic carbocycles. The van der Waals surface area contributed by atoms with E-state index < -0.39 is 0 Å². The Morgan fingerprint density at radius 2 is 1.92 bits per heavy atom. The zero-order valence-corrected chi connectivity index (χ0v) is 8.39. The van der Waals surface area contributed by atoms with Gasteiger partial charge >= 0.3 is 0 Å². The Labute approximate surface area is 78.0 Å². The highest BCUT2D eigenvalue weighted by Gasteiger charge is 2.14. The number of rotatable bonds is 1. The van der Waals surface area contributed by atoms with E-state index in [2.05, 4.69) is 30.7 Å². The molecule has 0 radical (unpaired) electrons. The van der Waals surface area contributed by atoms with Gasteiger partial charge in [-0.2, -0.15) is 0 Å². The molecule has 12 heavy (non-hydrogen) atoms. The molecule has 0 bridgehead atoms. The first-order valence-corrected chi connectivity index (χ1v) is 4.45. The smallest absolute Gasteiger partial charge is 0.0734 e. The van der Waals surface area contributed by atoms with Crippen LogP contribution >= 0.6 is 11.6 Å². The zero-order chi connectivity index (χ0) is 9.19. The van der Waals surface area contributed by atoms with Gasteiger partial charge in [0, 0.05) is 17.8 Å². The number of hydrogen-bond acceptors (Lipinski definition) is 2. The van der Waals surface area contributed by atoms with Gasteiger partial charge in [0.2, 0.25) is 0 Å². The number of nitrogens with zero attached hydrogens (tertiary/aromatic N) is 2. The van der Waals surface area contributed by atoms with Crippen molar-refractivity contribution in [3.05, 3.63) is 23.8 Å². The summed E-state index contributed by atoms with van der Waals surface area (Å²) in [6.45, 7) is 6.33. The maximum atomic E-state index is 5.59. The lowest BCUT2D eigenvalue weighted by molar-refractivity contribution is 0.564. The average molecular weight is 185 g/mol. The molecule has 0 aliphatic rings. The van der Waals surface area contributed by atoms with Gasteiger partial charge in [-0.3, -0.25) is 9.97 Å². The third-order valence-corrected chi connectivity index (χ3v) is 1.88. The zero-order valence-electron chi connectivity index (χ0n) is 7.63. The van der Waals surface area contributed by atoms with Gasteiger partial charge in [-0.25, -0.2) is 0 Å². The molecule has 0 atom stereocenters. The second-order valence-electron chi connectivity index (χ2n) is 3.78. The summed E-state index contributed by atoms with van der Waals surface area (Å²) in [5.41, 5.74) is 1.89. The quantitative estimate of drug-likeness (QED) is 0.627. The Bertz CT molecular complexity index is 248. The topological polar surface area (TPSA) is 25.8 Å². The van der Waals surface area contributed by atoms with Crippen LogP contribution in [0.15, 0.2) is 12.4 Å². The van der Waals surface area contributed by atoms with Crippen molar-refractivity contribution in [3.8, 4) is 0 Å². The van der Waals surface area contributed by atoms with E-state index in [-0.39, 0.29) is 5.41 Å². The van der Waals surface area contributed by atoms with Crippen molar-refractivity contribution < 1.29 is 0 Å². The first-order chi connectivity index (χ1) is 5.54. The minimum Gasteiger partial charge on any atom is -0.257 e. The summed E-state index contributed by atoms with van der Waals surface area (Å²) < 4.78 is 0. The van der Waals surface area contributed by atoms with Crippen LogP contribution in [-0.4, -0.2) is 9.97 Å². The van der Waals surface area contributed by atoms with Crippen molar-refractivity contribution in [1.29, 1.82) is 0 Å². The van der Waals surface area contributed by atoms with Crippen molar-refractivity contribution in [2.45, 2.75) is 32.1 Å². The molecule has 0 spiro atoms. The van der Waals surface area contributed by atoms with Crippen LogP contribution in [0.25, 0.3) is 0 Å². The van der Waals surface area contributed by atoms with Gasteiger partial charge in [-0.1, -0.05) is 20.8 Å². The van der Waals surface area contributed by atoms with Gasteiger partial charge in [0.25, 0.3) is 0 Å². The number of halogens is 1. The summed E-state index contributed by atoms with van der Waals surface area (Å²) in [6.07, 6.45) is 3.52. The fourth-order valence-corrected chi connectivity index (χ4v) is 0.949. The fourth-order valence-electron chi connectivity index (χ4n) is 0.811. The Morgan fingerprint density at radius 3 is 2.25 bits per heavy atom. The Hall–Kier alpha value is -0.630. The van der Waals surface area contributed by atoms with Crippen LogP contribution in [0, 0.1) is 0 Å². The monoisotopic (exact) mass is 184 g/mol. The van der Waals surface area contributed by atoms with Crippen LogP contribution in [0.1, 0.15) is 32.2 Å². The van der Waals surface area contributed by atoms with Crippen LogP contribution in [-0.2, 0) is 11.3 Å². The van der Waals surface area contributed by atoms with Crippen LogP contribution < -0.4 is 0 Å². The molecule has 3 heteroatoms. The lowest BCUT2D eigenvalue weighted by atomic mass is 9.93. The van der Waals surface area contributed by atoms with Gasteiger partial charge < -0.3 is 0 Å². The Kier molecular flexibility index (Phi) is 2.68. The van der Waals surface area contributed by atoms with Crippen molar-refractivity contribution in [3.63, 3.8) is 0 Å². The Morgan fingerprint density at radius 1 is 1.25 bits per heavy atom. The summed E-state index contributed by atoms with van der Waals surface area (Å²) >= 11 is 5.59. The number of alkyl halides is 1. The van der Waals surface area contributed by atoms with Crippen molar-refractivity contribution in [1.82, 2.24) is 9.97 Å². The maximum absolute atomic E-state index is 5.59. The first-order valence-electron chi connectivity index (χ1n) is 3.91. The van der Waals surface area contributed by atoms with E-state index in [1.165, 1.54) is 0 Å². The molecule has 0 aliphatic heterocycles. The summed E-state index contributed by atoms with van der Waals surface area (Å²) in [5, 5.41) is 0. The van der Waals surface area contributed by atoms with Gasteiger partial charge in [-0.05, 0) is 0 Å². The molecule has 1 aromatic rings. The van der Waals surface area contributed by atoms with Crippen LogP contribution in [0.4, 0.5) is 0 Å². The van der Waals surface area contributed by atoms with Crippen LogP contribution in [0.5, 0.6) is 0 Å². The van der Waals surface area contributed by atoms with Crippen molar-refractivity contribution in [2.24, 2.45) is 0 Å². The van der Waals surface area contributed by atoms with Crippen molar-refractivity contribution in [2.75, 3.05) is 0 Å². The highest BCUT2D eigenvalue weighted by atomic mass is 35.5. The predicted octanol–water partition coefficient (Wildman–Crippen LogP) is 2.51. The molecule has 0 aromatic carbocycles. The number of hydrogen-bond donors (Lipinski definition) is 0. The largest absolute Gasteiger partial charge is 0.257 e. The summed E-state index contributed by atoms with van der Waals surface area (Å²) in [4.78, 5) is 8.44. The van der Waals surface area contributed by atoms with Crippen molar-refractivity contribution >= 4 is 11.6 Å². The van der Waals surface area contributed by atoms with Crippen LogP contribution in [0.2, 0.25) is 0 Å². The van der Waals surface area contributed by atoms with E-state index >= 15 is 0 Å². The lowest BCUT2D eigenvalue weighted by Gasteiger charge is -2.16. The molecule has 0 amide bonds. The molecular formula is C9H13ClN2. The van der Waals surface area contributed by atoms with Gasteiger partial charge in [0.05, 0.1) is 17.3 Å². The highest BCUT2D eigenvalue weighted by Crippen LogP contribution is 2.18. The lowest BCUT2D eigenvalue weighted by Crippen LogP contribution is -2.13.